The topological polar surface area (TPSA) is 121 Å². The predicted octanol–water partition coefficient (Wildman–Crippen LogP) is 3.33. The van der Waals surface area contributed by atoms with Crippen LogP contribution in [-0.4, -0.2) is 43.0 Å². The van der Waals surface area contributed by atoms with Gasteiger partial charge in [0, 0.05) is 5.41 Å². The van der Waals surface area contributed by atoms with Crippen LogP contribution in [0.25, 0.3) is 0 Å². The lowest BCUT2D eigenvalue weighted by Crippen LogP contribution is -2.24. The molecule has 0 saturated heterocycles. The molecule has 4 aromatic rings. The van der Waals surface area contributed by atoms with Gasteiger partial charge in [0.2, 0.25) is 0 Å². The van der Waals surface area contributed by atoms with Gasteiger partial charge < -0.3 is 10.2 Å². The maximum Gasteiger partial charge on any atom is 0.333 e. The highest BCUT2D eigenvalue weighted by atomic mass is 31.2. The van der Waals surface area contributed by atoms with Crippen molar-refractivity contribution in [1.29, 1.82) is 0 Å². The molecule has 38 heavy (non-hydrogen) atoms. The molecular weight excluding hydrogens is 518 g/mol. The molecule has 4 aromatic carbocycles. The van der Waals surface area contributed by atoms with Crippen molar-refractivity contribution in [2.75, 3.05) is 13.2 Å². The van der Waals surface area contributed by atoms with Gasteiger partial charge in [-0.25, -0.2) is 19.6 Å². The molecule has 0 spiro atoms. The van der Waals surface area contributed by atoms with E-state index in [-0.39, 0.29) is 18.6 Å². The first-order valence-electron chi connectivity index (χ1n) is 12.2. The van der Waals surface area contributed by atoms with Crippen molar-refractivity contribution in [2.24, 2.45) is 5.41 Å². The second kappa shape index (κ2) is 15.2. The Labute approximate surface area is 226 Å². The van der Waals surface area contributed by atoms with Crippen molar-refractivity contribution in [3.63, 3.8) is 0 Å². The Morgan fingerprint density at radius 1 is 0.474 bits per heavy atom. The minimum Gasteiger partial charge on any atom is -0.396 e. The minimum atomic E-state index is -3.15. The van der Waals surface area contributed by atoms with E-state index < -0.39 is 15.4 Å². The van der Waals surface area contributed by atoms with Crippen molar-refractivity contribution >= 4 is 36.7 Å². The third-order valence-corrected chi connectivity index (χ3v) is 10.2. The molecule has 202 valence electrons. The van der Waals surface area contributed by atoms with Crippen LogP contribution in [0.5, 0.6) is 0 Å². The summed E-state index contributed by atoms with van der Waals surface area (Å²) in [5, 5.41) is 19.6. The average molecular weight is 557 g/mol. The van der Waals surface area contributed by atoms with Crippen LogP contribution in [0.1, 0.15) is 20.3 Å². The van der Waals surface area contributed by atoms with Gasteiger partial charge >= 0.3 is 15.4 Å². The van der Waals surface area contributed by atoms with E-state index in [2.05, 4.69) is 0 Å². The maximum absolute atomic E-state index is 10.1. The second-order valence-corrected chi connectivity index (χ2v) is 13.5. The lowest BCUT2D eigenvalue weighted by molar-refractivity contribution is 0.0670. The van der Waals surface area contributed by atoms with Crippen LogP contribution in [-0.2, 0) is 0 Å². The highest BCUT2D eigenvalue weighted by Gasteiger charge is 2.39. The Morgan fingerprint density at radius 3 is 0.816 bits per heavy atom. The van der Waals surface area contributed by atoms with Crippen molar-refractivity contribution in [2.45, 2.75) is 20.3 Å². The van der Waals surface area contributed by atoms with Crippen LogP contribution in [0.4, 0.5) is 0 Å². The summed E-state index contributed by atoms with van der Waals surface area (Å²) in [6.45, 7) is 3.94. The Morgan fingerprint density at radius 2 is 0.684 bits per heavy atom. The van der Waals surface area contributed by atoms with Crippen LogP contribution < -0.4 is 21.2 Å². The molecule has 0 atom stereocenters. The van der Waals surface area contributed by atoms with Gasteiger partial charge in [0.15, 0.2) is 21.2 Å². The van der Waals surface area contributed by atoms with E-state index in [1.165, 1.54) is 0 Å². The second-order valence-electron chi connectivity index (χ2n) is 9.03. The highest BCUT2D eigenvalue weighted by molar-refractivity contribution is 7.79. The number of benzene rings is 4. The lowest BCUT2D eigenvalue weighted by Gasteiger charge is -2.21. The molecule has 0 aliphatic heterocycles. The summed E-state index contributed by atoms with van der Waals surface area (Å²) in [5.41, 5.74) is -0.264. The third kappa shape index (κ3) is 9.06. The molecule has 0 amide bonds. The van der Waals surface area contributed by atoms with Crippen LogP contribution in [0.2, 0.25) is 0 Å². The summed E-state index contributed by atoms with van der Waals surface area (Å²) in [5.74, 6) is 0. The first-order valence-corrected chi connectivity index (χ1v) is 15.6. The van der Waals surface area contributed by atoms with E-state index in [4.69, 9.17) is 10.2 Å². The molecule has 8 heteroatoms. The zero-order valence-electron chi connectivity index (χ0n) is 21.7. The van der Waals surface area contributed by atoms with E-state index in [1.807, 2.05) is 38.1 Å². The zero-order chi connectivity index (χ0) is 28.1. The van der Waals surface area contributed by atoms with Crippen molar-refractivity contribution < 1.29 is 29.8 Å². The van der Waals surface area contributed by atoms with Gasteiger partial charge in [-0.1, -0.05) is 86.6 Å². The molecule has 0 heterocycles. The first-order chi connectivity index (χ1) is 18.1. The summed E-state index contributed by atoms with van der Waals surface area (Å²) < 4.78 is 0. The van der Waals surface area contributed by atoms with Gasteiger partial charge in [0.1, 0.15) is 0 Å². The first kappa shape index (κ1) is 31.7. The molecule has 0 aliphatic rings. The van der Waals surface area contributed by atoms with Crippen LogP contribution >= 0.6 is 15.4 Å². The Bertz CT molecular complexity index is 992. The quantitative estimate of drug-likeness (QED) is 0.194. The molecule has 0 fully saturated rings. The standard InChI is InChI=1S/2C12H12O2P.C6H14O2/c2*13-15(14,11-7-3-1-4-8-11)12-9-5-2-6-10-12;1-3-6(2,4-7)5-8/h2*1-10,13-14H;7-8H,3-5H2,1-2H3/q2*+1;. The van der Waals surface area contributed by atoms with Gasteiger partial charge in [0.05, 0.1) is 13.2 Å². The Balaban J connectivity index is 0.000000211. The summed E-state index contributed by atoms with van der Waals surface area (Å²) in [7, 11) is -6.29. The molecule has 6 N–H and O–H groups in total. The van der Waals surface area contributed by atoms with Gasteiger partial charge in [-0.05, 0) is 55.0 Å². The molecule has 6 nitrogen and oxygen atoms in total. The van der Waals surface area contributed by atoms with E-state index >= 15 is 0 Å². The van der Waals surface area contributed by atoms with Crippen molar-refractivity contribution in [3.05, 3.63) is 121 Å². The molecule has 0 aliphatic carbocycles. The number of aliphatic hydroxyl groups is 2. The largest absolute Gasteiger partial charge is 0.396 e. The molecule has 0 saturated carbocycles. The molecule has 0 radical (unpaired) electrons. The van der Waals surface area contributed by atoms with Gasteiger partial charge in [-0.3, -0.25) is 0 Å². The lowest BCUT2D eigenvalue weighted by atomic mass is 9.90. The van der Waals surface area contributed by atoms with Gasteiger partial charge in [-0.15, -0.1) is 0 Å². The molecule has 0 aromatic heterocycles. The average Bonchev–Trinajstić information content (AvgIpc) is 2.99. The van der Waals surface area contributed by atoms with Crippen LogP contribution in [0, 0.1) is 5.41 Å². The number of rotatable bonds is 7. The minimum absolute atomic E-state index is 0.0694. The fraction of sp³-hybridized carbons (Fsp3) is 0.200. The normalized spacial score (nSPS) is 11.5. The monoisotopic (exact) mass is 556 g/mol. The maximum atomic E-state index is 10.1. The van der Waals surface area contributed by atoms with Gasteiger partial charge in [-0.2, -0.15) is 0 Å². The molecule has 0 bridgehead atoms. The van der Waals surface area contributed by atoms with Gasteiger partial charge in [0.25, 0.3) is 0 Å². The third-order valence-electron chi connectivity index (χ3n) is 6.08. The predicted molar refractivity (Wildman–Crippen MR) is 160 cm³/mol. The summed E-state index contributed by atoms with van der Waals surface area (Å²) >= 11 is 0. The smallest absolute Gasteiger partial charge is 0.333 e. The molecule has 4 rings (SSSR count). The van der Waals surface area contributed by atoms with E-state index in [0.717, 1.165) is 6.42 Å². The molecular formula is C30H38O6P2+2. The van der Waals surface area contributed by atoms with Crippen molar-refractivity contribution in [1.82, 2.24) is 0 Å². The highest BCUT2D eigenvalue weighted by Crippen LogP contribution is 2.47. The Kier molecular flexibility index (Phi) is 12.7. The van der Waals surface area contributed by atoms with Crippen LogP contribution in [0.15, 0.2) is 121 Å². The van der Waals surface area contributed by atoms with Crippen molar-refractivity contribution in [3.8, 4) is 0 Å². The number of hydrogen-bond acceptors (Lipinski definition) is 6. The van der Waals surface area contributed by atoms with E-state index in [9.17, 15) is 19.6 Å². The SMILES string of the molecule is CCC(C)(CO)CO.O[P+](O)(c1ccccc1)c1ccccc1.O[P+](O)(c1ccccc1)c1ccccc1. The summed E-state index contributed by atoms with van der Waals surface area (Å²) in [6, 6.07) is 35.8. The summed E-state index contributed by atoms with van der Waals surface area (Å²) in [4.78, 5) is 40.5. The summed E-state index contributed by atoms with van der Waals surface area (Å²) in [6.07, 6.45) is 0.819. The fourth-order valence-electron chi connectivity index (χ4n) is 3.12. The number of hydrogen-bond donors (Lipinski definition) is 6. The molecule has 0 unspecified atom stereocenters. The van der Waals surface area contributed by atoms with E-state index in [0.29, 0.717) is 21.2 Å². The van der Waals surface area contributed by atoms with Crippen LogP contribution in [0.3, 0.4) is 0 Å². The van der Waals surface area contributed by atoms with E-state index in [1.54, 1.807) is 97.1 Å². The fourth-order valence-corrected chi connectivity index (χ4v) is 6.06. The number of aliphatic hydroxyl groups excluding tert-OH is 2. The Hall–Kier alpha value is -2.50. The zero-order valence-corrected chi connectivity index (χ0v) is 23.5.